The van der Waals surface area contributed by atoms with Crippen LogP contribution in [0.5, 0.6) is 0 Å². The number of nitrogens with two attached hydrogens (primary N) is 1. The lowest BCUT2D eigenvalue weighted by Gasteiger charge is -2.33. The predicted octanol–water partition coefficient (Wildman–Crippen LogP) is 0.855. The Morgan fingerprint density at radius 1 is 1.50 bits per heavy atom. The molecule has 0 aliphatic heterocycles. The first-order chi connectivity index (χ1) is 6.78. The van der Waals surface area contributed by atoms with Gasteiger partial charge in [-0.3, -0.25) is 0 Å². The van der Waals surface area contributed by atoms with Crippen molar-refractivity contribution in [1.29, 1.82) is 5.26 Å². The van der Waals surface area contributed by atoms with Crippen LogP contribution in [0.2, 0.25) is 0 Å². The fraction of sp³-hybridized carbons (Fsp3) is 0.400. The molecule has 1 aliphatic rings. The van der Waals surface area contributed by atoms with Crippen LogP contribution in [0.3, 0.4) is 0 Å². The highest BCUT2D eigenvalue weighted by molar-refractivity contribution is 5.39. The van der Waals surface area contributed by atoms with Gasteiger partial charge in [-0.05, 0) is 25.0 Å². The van der Waals surface area contributed by atoms with E-state index in [1.807, 2.05) is 18.2 Å². The van der Waals surface area contributed by atoms with Crippen LogP contribution in [0, 0.1) is 11.3 Å². The quantitative estimate of drug-likeness (QED) is 0.721. The van der Waals surface area contributed by atoms with Crippen LogP contribution in [0.15, 0.2) is 18.2 Å². The van der Waals surface area contributed by atoms with Crippen molar-refractivity contribution in [3.05, 3.63) is 23.9 Å². The highest BCUT2D eigenvalue weighted by Crippen LogP contribution is 2.21. The first-order valence-electron chi connectivity index (χ1n) is 4.67. The average molecular weight is 188 g/mol. The Kier molecular flexibility index (Phi) is 2.33. The van der Waals surface area contributed by atoms with Gasteiger partial charge >= 0.3 is 0 Å². The largest absolute Gasteiger partial charge is 0.367 e. The third kappa shape index (κ3) is 1.83. The first-order valence-corrected chi connectivity index (χ1v) is 4.67. The van der Waals surface area contributed by atoms with Gasteiger partial charge in [0.05, 0.1) is 0 Å². The van der Waals surface area contributed by atoms with E-state index in [9.17, 15) is 0 Å². The van der Waals surface area contributed by atoms with Gasteiger partial charge in [-0.25, -0.2) is 4.98 Å². The summed E-state index contributed by atoms with van der Waals surface area (Å²) >= 11 is 0. The van der Waals surface area contributed by atoms with E-state index in [0.29, 0.717) is 17.8 Å². The van der Waals surface area contributed by atoms with Gasteiger partial charge in [0.25, 0.3) is 0 Å². The lowest BCUT2D eigenvalue weighted by atomic mass is 9.88. The number of nitriles is 1. The molecule has 0 unspecified atom stereocenters. The summed E-state index contributed by atoms with van der Waals surface area (Å²) < 4.78 is 0. The van der Waals surface area contributed by atoms with Crippen LogP contribution in [0.1, 0.15) is 18.5 Å². The summed E-state index contributed by atoms with van der Waals surface area (Å²) in [6, 6.07) is 8.14. The van der Waals surface area contributed by atoms with Crippen molar-refractivity contribution in [1.82, 2.24) is 4.98 Å². The maximum absolute atomic E-state index is 8.65. The summed E-state index contributed by atoms with van der Waals surface area (Å²) in [7, 11) is 0. The van der Waals surface area contributed by atoms with E-state index in [0.717, 1.165) is 18.7 Å². The van der Waals surface area contributed by atoms with Crippen molar-refractivity contribution in [2.45, 2.75) is 24.9 Å². The standard InChI is InChI=1S/C10H12N4/c11-6-8-2-1-3-10(13-8)14-9-4-7(12)5-9/h1-3,7,9H,4-5,12H2,(H,13,14). The van der Waals surface area contributed by atoms with Gasteiger partial charge < -0.3 is 11.1 Å². The summed E-state index contributed by atoms with van der Waals surface area (Å²) in [6.45, 7) is 0. The third-order valence-electron chi connectivity index (χ3n) is 2.39. The van der Waals surface area contributed by atoms with Crippen LogP contribution in [-0.4, -0.2) is 17.1 Å². The Bertz CT molecular complexity index is 363. The summed E-state index contributed by atoms with van der Waals surface area (Å²) in [4.78, 5) is 4.13. The molecule has 0 bridgehead atoms. The molecule has 14 heavy (non-hydrogen) atoms. The summed E-state index contributed by atoms with van der Waals surface area (Å²) in [5.41, 5.74) is 6.11. The van der Waals surface area contributed by atoms with Gasteiger partial charge in [-0.2, -0.15) is 5.26 Å². The summed E-state index contributed by atoms with van der Waals surface area (Å²) in [5.74, 6) is 0.765. The minimum Gasteiger partial charge on any atom is -0.367 e. The van der Waals surface area contributed by atoms with Gasteiger partial charge in [0.1, 0.15) is 17.6 Å². The van der Waals surface area contributed by atoms with E-state index in [1.165, 1.54) is 0 Å². The van der Waals surface area contributed by atoms with Gasteiger partial charge in [0.2, 0.25) is 0 Å². The number of aromatic nitrogens is 1. The topological polar surface area (TPSA) is 74.7 Å². The molecule has 0 spiro atoms. The lowest BCUT2D eigenvalue weighted by Crippen LogP contribution is -2.44. The molecule has 1 saturated carbocycles. The number of nitrogens with one attached hydrogen (secondary N) is 1. The zero-order chi connectivity index (χ0) is 9.97. The molecule has 72 valence electrons. The molecule has 0 amide bonds. The maximum atomic E-state index is 8.65. The predicted molar refractivity (Wildman–Crippen MR) is 53.6 cm³/mol. The molecule has 0 saturated heterocycles. The maximum Gasteiger partial charge on any atom is 0.142 e. The van der Waals surface area contributed by atoms with E-state index in [2.05, 4.69) is 10.3 Å². The second-order valence-corrected chi connectivity index (χ2v) is 3.59. The van der Waals surface area contributed by atoms with E-state index >= 15 is 0 Å². The molecule has 0 radical (unpaired) electrons. The average Bonchev–Trinajstić information content (AvgIpc) is 2.16. The molecule has 3 N–H and O–H groups in total. The van der Waals surface area contributed by atoms with Crippen molar-refractivity contribution in [3.63, 3.8) is 0 Å². The third-order valence-corrected chi connectivity index (χ3v) is 2.39. The molecule has 1 heterocycles. The van der Waals surface area contributed by atoms with E-state index < -0.39 is 0 Å². The van der Waals surface area contributed by atoms with Crippen LogP contribution < -0.4 is 11.1 Å². The van der Waals surface area contributed by atoms with Crippen LogP contribution in [-0.2, 0) is 0 Å². The van der Waals surface area contributed by atoms with Gasteiger partial charge in [0.15, 0.2) is 0 Å². The van der Waals surface area contributed by atoms with E-state index in [-0.39, 0.29) is 0 Å². The van der Waals surface area contributed by atoms with Crippen molar-refractivity contribution in [3.8, 4) is 6.07 Å². The van der Waals surface area contributed by atoms with Gasteiger partial charge in [-0.15, -0.1) is 0 Å². The number of anilines is 1. The molecule has 1 aliphatic carbocycles. The fourth-order valence-electron chi connectivity index (χ4n) is 1.57. The molecule has 1 aromatic heterocycles. The first kappa shape index (κ1) is 8.97. The Labute approximate surface area is 82.8 Å². The molecule has 4 nitrogen and oxygen atoms in total. The molecular weight excluding hydrogens is 176 g/mol. The highest BCUT2D eigenvalue weighted by atomic mass is 15.0. The molecule has 0 aromatic carbocycles. The zero-order valence-electron chi connectivity index (χ0n) is 7.77. The minimum atomic E-state index is 0.326. The molecule has 0 atom stereocenters. The Balaban J connectivity index is 2.00. The van der Waals surface area contributed by atoms with Gasteiger partial charge in [-0.1, -0.05) is 6.07 Å². The molecular formula is C10H12N4. The second-order valence-electron chi connectivity index (χ2n) is 3.59. The number of pyridine rings is 1. The molecule has 1 aromatic rings. The summed E-state index contributed by atoms with van der Waals surface area (Å²) in [6.07, 6.45) is 1.97. The minimum absolute atomic E-state index is 0.326. The number of hydrogen-bond acceptors (Lipinski definition) is 4. The highest BCUT2D eigenvalue weighted by Gasteiger charge is 2.25. The Hall–Kier alpha value is -1.60. The molecule has 4 heteroatoms. The number of rotatable bonds is 2. The lowest BCUT2D eigenvalue weighted by molar-refractivity contribution is 0.373. The number of hydrogen-bond donors (Lipinski definition) is 2. The van der Waals surface area contributed by atoms with Crippen LogP contribution in [0.25, 0.3) is 0 Å². The number of nitrogens with zero attached hydrogens (tertiary/aromatic N) is 2. The monoisotopic (exact) mass is 188 g/mol. The Morgan fingerprint density at radius 3 is 2.93 bits per heavy atom. The zero-order valence-corrected chi connectivity index (χ0v) is 7.77. The van der Waals surface area contributed by atoms with Crippen LogP contribution >= 0.6 is 0 Å². The van der Waals surface area contributed by atoms with Crippen molar-refractivity contribution in [2.24, 2.45) is 5.73 Å². The van der Waals surface area contributed by atoms with E-state index in [4.69, 9.17) is 11.0 Å². The molecule has 2 rings (SSSR count). The SMILES string of the molecule is N#Cc1cccc(NC2CC(N)C2)n1. The van der Waals surface area contributed by atoms with Crippen molar-refractivity contribution >= 4 is 5.82 Å². The van der Waals surface area contributed by atoms with Crippen molar-refractivity contribution in [2.75, 3.05) is 5.32 Å². The summed E-state index contributed by atoms with van der Waals surface area (Å²) in [5, 5.41) is 11.9. The molecule has 1 fully saturated rings. The van der Waals surface area contributed by atoms with Crippen LogP contribution in [0.4, 0.5) is 5.82 Å². The second kappa shape index (κ2) is 3.64. The smallest absolute Gasteiger partial charge is 0.142 e. The Morgan fingerprint density at radius 2 is 2.29 bits per heavy atom. The van der Waals surface area contributed by atoms with E-state index in [1.54, 1.807) is 6.07 Å². The van der Waals surface area contributed by atoms with Gasteiger partial charge in [0, 0.05) is 12.1 Å². The van der Waals surface area contributed by atoms with Crippen molar-refractivity contribution < 1.29 is 0 Å². The fourth-order valence-corrected chi connectivity index (χ4v) is 1.57. The normalized spacial score (nSPS) is 24.9.